The third-order valence-electron chi connectivity index (χ3n) is 9.52. The number of phenolic OH excluding ortho intramolecular Hbond substituents is 1. The number of halogens is 4. The van der Waals surface area contributed by atoms with Crippen LogP contribution in [0.4, 0.5) is 21.5 Å². The van der Waals surface area contributed by atoms with Crippen molar-refractivity contribution in [3.8, 4) is 5.75 Å². The number of nitrogens with zero attached hydrogens (tertiary/aromatic N) is 3. The molecule has 1 saturated carbocycles. The molecule has 4 amide bonds. The van der Waals surface area contributed by atoms with Gasteiger partial charge in [0.15, 0.2) is 9.75 Å². The van der Waals surface area contributed by atoms with Crippen LogP contribution < -0.4 is 9.80 Å². The summed E-state index contributed by atoms with van der Waals surface area (Å²) in [5.74, 6) is -7.66. The lowest BCUT2D eigenvalue weighted by Crippen LogP contribution is -2.60. The van der Waals surface area contributed by atoms with Crippen LogP contribution in [0.1, 0.15) is 24.3 Å². The number of non-ortho nitro benzene ring substituents is 1. The normalized spacial score (nSPS) is 30.2. The molecule has 0 radical (unpaired) electrons. The van der Waals surface area contributed by atoms with Gasteiger partial charge in [0, 0.05) is 28.1 Å². The summed E-state index contributed by atoms with van der Waals surface area (Å²) in [6.07, 6.45) is 1.51. The minimum Gasteiger partial charge on any atom is -0.508 e. The fraction of sp³-hybridized carbons (Fsp3) is 0.250. The lowest BCUT2D eigenvalue weighted by molar-refractivity contribution is -0.384. The van der Waals surface area contributed by atoms with E-state index in [0.29, 0.717) is 10.0 Å². The van der Waals surface area contributed by atoms with Gasteiger partial charge in [0.2, 0.25) is 11.8 Å². The van der Waals surface area contributed by atoms with Gasteiger partial charge in [-0.3, -0.25) is 34.2 Å². The molecule has 1 N–H and O–H groups in total. The van der Waals surface area contributed by atoms with Gasteiger partial charge in [-0.2, -0.15) is 0 Å². The highest BCUT2D eigenvalue weighted by atomic mass is 79.9. The van der Waals surface area contributed by atoms with Crippen molar-refractivity contribution in [2.75, 3.05) is 9.80 Å². The number of benzene rings is 3. The number of carbonyl (C=O) groups is 4. The number of aromatic hydroxyl groups is 1. The first kappa shape index (κ1) is 30.5. The predicted molar refractivity (Wildman–Crippen MR) is 168 cm³/mol. The van der Waals surface area contributed by atoms with E-state index in [1.807, 2.05) is 0 Å². The molecule has 0 spiro atoms. The zero-order valence-electron chi connectivity index (χ0n) is 23.4. The fourth-order valence-corrected chi connectivity index (χ4v) is 8.78. The van der Waals surface area contributed by atoms with E-state index in [4.69, 9.17) is 23.2 Å². The highest BCUT2D eigenvalue weighted by Gasteiger charge is 2.77. The van der Waals surface area contributed by atoms with Crippen molar-refractivity contribution in [1.29, 1.82) is 0 Å². The molecule has 2 heterocycles. The maximum absolute atomic E-state index is 14.4. The SMILES string of the molecule is O=C1[C@H]2[C@H](CC=C3[C@H]2C[C@@]2(Cl)C(=O)N(c4ccc(F)cc4)C(=O)[C@@]2(Cl)[C@H]3c2cc(Br)ccc2O)C(=O)N1c1ccc([N+](=O)[O-])cc1. The molecular formula is C32H21BrCl2FN3O7. The van der Waals surface area contributed by atoms with Crippen LogP contribution in [0.15, 0.2) is 82.9 Å². The van der Waals surface area contributed by atoms with Crippen LogP contribution in [0, 0.1) is 33.7 Å². The molecule has 0 bridgehead atoms. The number of hydrogen-bond acceptors (Lipinski definition) is 7. The van der Waals surface area contributed by atoms with Gasteiger partial charge in [-0.15, -0.1) is 23.2 Å². The summed E-state index contributed by atoms with van der Waals surface area (Å²) in [4.78, 5) is 64.5. The Hall–Kier alpha value is -4.13. The van der Waals surface area contributed by atoms with Gasteiger partial charge in [-0.1, -0.05) is 27.6 Å². The Morgan fingerprint density at radius 3 is 2.17 bits per heavy atom. The summed E-state index contributed by atoms with van der Waals surface area (Å²) >= 11 is 18.0. The molecule has 46 heavy (non-hydrogen) atoms. The topological polar surface area (TPSA) is 138 Å². The summed E-state index contributed by atoms with van der Waals surface area (Å²) in [5, 5.41) is 22.3. The molecular weight excluding hydrogens is 708 g/mol. The Morgan fingerprint density at radius 1 is 0.891 bits per heavy atom. The number of allylic oxidation sites excluding steroid dienone is 2. The molecule has 14 heteroatoms. The average molecular weight is 729 g/mol. The Balaban J connectivity index is 1.38. The molecule has 0 aromatic heterocycles. The average Bonchev–Trinajstić information content (AvgIpc) is 3.37. The number of amides is 4. The molecule has 4 aliphatic rings. The Bertz CT molecular complexity index is 1920. The van der Waals surface area contributed by atoms with Crippen molar-refractivity contribution < 1.29 is 33.6 Å². The fourth-order valence-electron chi connectivity index (χ4n) is 7.48. The molecule has 6 atom stereocenters. The molecule has 2 aliphatic heterocycles. The highest BCUT2D eigenvalue weighted by Crippen LogP contribution is 2.66. The van der Waals surface area contributed by atoms with Crippen LogP contribution in [0.5, 0.6) is 5.75 Å². The number of imide groups is 2. The van der Waals surface area contributed by atoms with Crippen molar-refractivity contribution in [3.63, 3.8) is 0 Å². The van der Waals surface area contributed by atoms with E-state index in [-0.39, 0.29) is 41.2 Å². The lowest BCUT2D eigenvalue weighted by Gasteiger charge is -2.50. The summed E-state index contributed by atoms with van der Waals surface area (Å²) in [5.41, 5.74) is 0.611. The number of rotatable bonds is 4. The molecule has 2 saturated heterocycles. The summed E-state index contributed by atoms with van der Waals surface area (Å²) in [6.45, 7) is 0. The number of fused-ring (bicyclic) bond motifs is 4. The van der Waals surface area contributed by atoms with E-state index < -0.39 is 67.8 Å². The first-order chi connectivity index (χ1) is 21.8. The zero-order chi connectivity index (χ0) is 32.9. The van der Waals surface area contributed by atoms with Crippen LogP contribution in [0.25, 0.3) is 0 Å². The highest BCUT2D eigenvalue weighted by molar-refractivity contribution is 9.10. The second kappa shape index (κ2) is 10.4. The summed E-state index contributed by atoms with van der Waals surface area (Å²) in [6, 6.07) is 14.2. The van der Waals surface area contributed by atoms with Gasteiger partial charge in [0.25, 0.3) is 17.5 Å². The van der Waals surface area contributed by atoms with Crippen LogP contribution >= 0.6 is 39.1 Å². The molecule has 3 fully saturated rings. The Kier molecular flexibility index (Phi) is 6.93. The van der Waals surface area contributed by atoms with Gasteiger partial charge in [0.05, 0.1) is 28.1 Å². The summed E-state index contributed by atoms with van der Waals surface area (Å²) < 4.78 is 14.3. The molecule has 3 aromatic carbocycles. The van der Waals surface area contributed by atoms with Crippen LogP contribution in [0.3, 0.4) is 0 Å². The minimum absolute atomic E-state index is 0.0364. The number of phenols is 1. The van der Waals surface area contributed by atoms with Crippen molar-refractivity contribution in [2.24, 2.45) is 17.8 Å². The maximum Gasteiger partial charge on any atom is 0.269 e. The number of hydrogen-bond donors (Lipinski definition) is 1. The second-order valence-electron chi connectivity index (χ2n) is 11.7. The predicted octanol–water partition coefficient (Wildman–Crippen LogP) is 5.97. The van der Waals surface area contributed by atoms with E-state index in [9.17, 15) is 38.8 Å². The van der Waals surface area contributed by atoms with E-state index in [0.717, 1.165) is 21.9 Å². The standard InChI is InChI=1S/C32H21BrCl2FN3O7/c33-15-1-12-24(40)22(13-15)26-20-10-11-21-25(28(42)37(27(21)41)17-6-8-19(9-7-17)39(45)46)23(20)14-31(34)29(43)38(30(44)32(26,31)35)18-4-2-16(36)3-5-18/h1-10,12-13,21,23,25-26,40H,11,14H2/t21-,23+,25-,26+,31+,32-/m0/s1. The van der Waals surface area contributed by atoms with Gasteiger partial charge in [-0.25, -0.2) is 9.29 Å². The summed E-state index contributed by atoms with van der Waals surface area (Å²) in [7, 11) is 0. The molecule has 3 aromatic rings. The minimum atomic E-state index is -2.20. The molecule has 10 nitrogen and oxygen atoms in total. The smallest absolute Gasteiger partial charge is 0.269 e. The van der Waals surface area contributed by atoms with E-state index in [1.54, 1.807) is 18.2 Å². The van der Waals surface area contributed by atoms with Crippen molar-refractivity contribution in [3.05, 3.63) is 104 Å². The largest absolute Gasteiger partial charge is 0.508 e. The van der Waals surface area contributed by atoms with Crippen LogP contribution in [-0.2, 0) is 19.2 Å². The second-order valence-corrected chi connectivity index (χ2v) is 13.9. The molecule has 234 valence electrons. The van der Waals surface area contributed by atoms with Gasteiger partial charge in [0.1, 0.15) is 11.6 Å². The molecule has 7 rings (SSSR count). The maximum atomic E-state index is 14.4. The van der Waals surface area contributed by atoms with Gasteiger partial charge in [-0.05, 0) is 73.4 Å². The lowest BCUT2D eigenvalue weighted by atomic mass is 9.56. The molecule has 0 unspecified atom stereocenters. The number of anilines is 2. The first-order valence-corrected chi connectivity index (χ1v) is 15.7. The van der Waals surface area contributed by atoms with Crippen LogP contribution in [0.2, 0.25) is 0 Å². The molecule has 2 aliphatic carbocycles. The van der Waals surface area contributed by atoms with Crippen molar-refractivity contribution in [2.45, 2.75) is 28.5 Å². The quantitative estimate of drug-likeness (QED) is 0.115. The third kappa shape index (κ3) is 4.06. The number of nitro benzene ring substituents is 1. The first-order valence-electron chi connectivity index (χ1n) is 14.1. The van der Waals surface area contributed by atoms with E-state index in [1.165, 1.54) is 42.5 Å². The van der Waals surface area contributed by atoms with E-state index in [2.05, 4.69) is 15.9 Å². The van der Waals surface area contributed by atoms with Crippen LogP contribution in [-0.4, -0.2) is 43.4 Å². The van der Waals surface area contributed by atoms with E-state index >= 15 is 0 Å². The Morgan fingerprint density at radius 2 is 1.52 bits per heavy atom. The van der Waals surface area contributed by atoms with Crippen molar-refractivity contribution in [1.82, 2.24) is 0 Å². The monoisotopic (exact) mass is 727 g/mol. The van der Waals surface area contributed by atoms with Gasteiger partial charge >= 0.3 is 0 Å². The number of carbonyl (C=O) groups excluding carboxylic acids is 4. The Labute approximate surface area is 278 Å². The zero-order valence-corrected chi connectivity index (χ0v) is 26.5. The number of alkyl halides is 2. The van der Waals surface area contributed by atoms with Gasteiger partial charge < -0.3 is 5.11 Å². The third-order valence-corrected chi connectivity index (χ3v) is 11.4. The number of nitro groups is 1. The van der Waals surface area contributed by atoms with Crippen molar-refractivity contribution >= 4 is 79.8 Å².